The fraction of sp³-hybridized carbons (Fsp3) is 0.250. The van der Waals surface area contributed by atoms with Crippen LogP contribution in [0.25, 0.3) is 0 Å². The molecule has 0 amide bonds. The highest BCUT2D eigenvalue weighted by molar-refractivity contribution is 5.28. The fourth-order valence-electron chi connectivity index (χ4n) is 0.975. The normalized spacial score (nSPS) is 10.3. The van der Waals surface area contributed by atoms with Crippen molar-refractivity contribution in [3.63, 3.8) is 0 Å². The van der Waals surface area contributed by atoms with Crippen LogP contribution in [0.4, 0.5) is 17.6 Å². The Morgan fingerprint density at radius 3 is 2.57 bits per heavy atom. The molecule has 2 nitrogen and oxygen atoms in total. The van der Waals surface area contributed by atoms with Gasteiger partial charge in [-0.05, 0) is 5.56 Å². The molecule has 1 aromatic rings. The quantitative estimate of drug-likeness (QED) is 0.547. The molecule has 0 saturated carbocycles. The first kappa shape index (κ1) is 10.4. The van der Waals surface area contributed by atoms with Crippen molar-refractivity contribution >= 4 is 0 Å². The lowest BCUT2D eigenvalue weighted by Crippen LogP contribution is -2.03. The van der Waals surface area contributed by atoms with Crippen molar-refractivity contribution in [3.05, 3.63) is 29.1 Å². The highest BCUT2D eigenvalue weighted by Gasteiger charge is 2.22. The Kier molecular flexibility index (Phi) is 3.02. The summed E-state index contributed by atoms with van der Waals surface area (Å²) in [4.78, 5) is 2.91. The molecule has 0 unspecified atom stereocenters. The lowest BCUT2D eigenvalue weighted by molar-refractivity contribution is 0.143. The summed E-state index contributed by atoms with van der Waals surface area (Å²) in [6, 6.07) is 1.56. The molecule has 1 heterocycles. The van der Waals surface area contributed by atoms with Gasteiger partial charge in [0.15, 0.2) is 5.82 Å². The van der Waals surface area contributed by atoms with Crippen LogP contribution in [0.1, 0.15) is 17.6 Å². The molecule has 0 aromatic carbocycles. The van der Waals surface area contributed by atoms with E-state index in [9.17, 15) is 17.6 Å². The van der Waals surface area contributed by atoms with E-state index >= 15 is 0 Å². The van der Waals surface area contributed by atoms with Crippen LogP contribution >= 0.6 is 0 Å². The summed E-state index contributed by atoms with van der Waals surface area (Å²) in [5, 5.41) is 8.25. The molecule has 74 valence electrons. The number of aromatic nitrogens is 1. The second-order valence-corrected chi connectivity index (χ2v) is 2.44. The maximum atomic E-state index is 12.8. The van der Waals surface area contributed by atoms with E-state index in [4.69, 9.17) is 5.26 Å². The van der Waals surface area contributed by atoms with Gasteiger partial charge in [-0.1, -0.05) is 0 Å². The molecule has 0 bridgehead atoms. The summed E-state index contributed by atoms with van der Waals surface area (Å²) in [5.74, 6) is -3.27. The minimum atomic E-state index is -3.16. The zero-order valence-corrected chi connectivity index (χ0v) is 6.77. The number of pyridine rings is 1. The van der Waals surface area contributed by atoms with Gasteiger partial charge >= 0.3 is 0 Å². The SMILES string of the molecule is N#CCc1cnc(F)c(F)c1C(F)F. The summed E-state index contributed by atoms with van der Waals surface area (Å²) >= 11 is 0. The monoisotopic (exact) mass is 204 g/mol. The first-order valence-electron chi connectivity index (χ1n) is 3.55. The summed E-state index contributed by atoms with van der Waals surface area (Å²) in [5.41, 5.74) is -1.37. The third-order valence-electron chi connectivity index (χ3n) is 1.58. The first-order valence-corrected chi connectivity index (χ1v) is 3.55. The zero-order valence-electron chi connectivity index (χ0n) is 6.77. The lowest BCUT2D eigenvalue weighted by atomic mass is 10.1. The first-order chi connectivity index (χ1) is 6.57. The van der Waals surface area contributed by atoms with Crippen LogP contribution in [0.3, 0.4) is 0 Å². The Morgan fingerprint density at radius 2 is 2.07 bits per heavy atom. The van der Waals surface area contributed by atoms with E-state index in [0.29, 0.717) is 0 Å². The number of nitriles is 1. The average molecular weight is 204 g/mol. The molecule has 0 atom stereocenters. The predicted octanol–water partition coefficient (Wildman–Crippen LogP) is 2.36. The molecule has 0 aliphatic heterocycles. The molecule has 1 rings (SSSR count). The second kappa shape index (κ2) is 4.05. The minimum Gasteiger partial charge on any atom is -0.225 e. The van der Waals surface area contributed by atoms with Gasteiger partial charge in [0.05, 0.1) is 18.1 Å². The topological polar surface area (TPSA) is 36.7 Å². The lowest BCUT2D eigenvalue weighted by Gasteiger charge is -2.06. The average Bonchev–Trinajstić information content (AvgIpc) is 2.11. The Balaban J connectivity index is 3.31. The van der Waals surface area contributed by atoms with Crippen molar-refractivity contribution in [2.45, 2.75) is 12.8 Å². The Labute approximate surface area is 76.8 Å². The molecule has 0 radical (unpaired) electrons. The van der Waals surface area contributed by atoms with Gasteiger partial charge in [0, 0.05) is 6.20 Å². The van der Waals surface area contributed by atoms with Gasteiger partial charge in [0.25, 0.3) is 6.43 Å². The van der Waals surface area contributed by atoms with Crippen LogP contribution in [0.15, 0.2) is 6.20 Å². The minimum absolute atomic E-state index is 0.290. The van der Waals surface area contributed by atoms with Crippen molar-refractivity contribution in [1.29, 1.82) is 5.26 Å². The highest BCUT2D eigenvalue weighted by atomic mass is 19.3. The summed E-state index contributed by atoms with van der Waals surface area (Å²) < 4.78 is 49.8. The molecule has 14 heavy (non-hydrogen) atoms. The molecule has 0 N–H and O–H groups in total. The van der Waals surface area contributed by atoms with Gasteiger partial charge in [-0.3, -0.25) is 0 Å². The van der Waals surface area contributed by atoms with Gasteiger partial charge in [-0.15, -0.1) is 0 Å². The molecule has 6 heteroatoms. The van der Waals surface area contributed by atoms with Crippen molar-refractivity contribution in [1.82, 2.24) is 4.98 Å². The van der Waals surface area contributed by atoms with Gasteiger partial charge in [-0.25, -0.2) is 18.2 Å². The van der Waals surface area contributed by atoms with Crippen LogP contribution in [-0.2, 0) is 6.42 Å². The van der Waals surface area contributed by atoms with Gasteiger partial charge < -0.3 is 0 Å². The van der Waals surface area contributed by atoms with E-state index in [-0.39, 0.29) is 5.56 Å². The number of hydrogen-bond donors (Lipinski definition) is 0. The van der Waals surface area contributed by atoms with E-state index in [0.717, 1.165) is 6.20 Å². The molecule has 0 aliphatic rings. The number of hydrogen-bond acceptors (Lipinski definition) is 2. The van der Waals surface area contributed by atoms with Crippen molar-refractivity contribution in [2.75, 3.05) is 0 Å². The molecular weight excluding hydrogens is 200 g/mol. The number of rotatable bonds is 2. The summed E-state index contributed by atoms with van der Waals surface area (Å²) in [6.45, 7) is 0. The van der Waals surface area contributed by atoms with Crippen LogP contribution in [0.2, 0.25) is 0 Å². The number of nitrogens with zero attached hydrogens (tertiary/aromatic N) is 2. The van der Waals surface area contributed by atoms with E-state index in [1.807, 2.05) is 0 Å². The third-order valence-corrected chi connectivity index (χ3v) is 1.58. The van der Waals surface area contributed by atoms with Crippen molar-refractivity contribution in [2.24, 2.45) is 0 Å². The Morgan fingerprint density at radius 1 is 1.43 bits per heavy atom. The van der Waals surface area contributed by atoms with Crippen LogP contribution in [0, 0.1) is 23.1 Å². The van der Waals surface area contributed by atoms with Crippen molar-refractivity contribution in [3.8, 4) is 6.07 Å². The standard InChI is InChI=1S/C8H4F4N2/c9-6-5(7(10)11)4(1-2-13)3-14-8(6)12/h3,7H,1H2. The highest BCUT2D eigenvalue weighted by Crippen LogP contribution is 2.26. The smallest absolute Gasteiger partial charge is 0.225 e. The van der Waals surface area contributed by atoms with E-state index in [1.165, 1.54) is 0 Å². The van der Waals surface area contributed by atoms with E-state index in [2.05, 4.69) is 4.98 Å². The van der Waals surface area contributed by atoms with Gasteiger partial charge in [-0.2, -0.15) is 9.65 Å². The van der Waals surface area contributed by atoms with E-state index < -0.39 is 30.2 Å². The molecule has 1 aromatic heterocycles. The number of halogens is 4. The molecule has 0 aliphatic carbocycles. The van der Waals surface area contributed by atoms with Crippen LogP contribution in [-0.4, -0.2) is 4.98 Å². The van der Waals surface area contributed by atoms with E-state index in [1.54, 1.807) is 6.07 Å². The molecular formula is C8H4F4N2. The number of alkyl halides is 2. The molecule has 0 fully saturated rings. The Bertz CT molecular complexity index is 384. The third kappa shape index (κ3) is 1.82. The summed E-state index contributed by atoms with van der Waals surface area (Å²) in [7, 11) is 0. The zero-order chi connectivity index (χ0) is 10.7. The largest absolute Gasteiger partial charge is 0.267 e. The summed E-state index contributed by atoms with van der Waals surface area (Å²) in [6.07, 6.45) is -2.84. The maximum absolute atomic E-state index is 12.8. The molecule has 0 spiro atoms. The van der Waals surface area contributed by atoms with Crippen molar-refractivity contribution < 1.29 is 17.6 Å². The fourth-order valence-corrected chi connectivity index (χ4v) is 0.975. The maximum Gasteiger partial charge on any atom is 0.267 e. The van der Waals surface area contributed by atoms with Crippen LogP contribution < -0.4 is 0 Å². The van der Waals surface area contributed by atoms with Gasteiger partial charge in [0.2, 0.25) is 5.95 Å². The predicted molar refractivity (Wildman–Crippen MR) is 38.4 cm³/mol. The Hall–Kier alpha value is -1.64. The molecule has 0 saturated heterocycles. The van der Waals surface area contributed by atoms with Gasteiger partial charge in [0.1, 0.15) is 0 Å². The second-order valence-electron chi connectivity index (χ2n) is 2.44. The van der Waals surface area contributed by atoms with Crippen LogP contribution in [0.5, 0.6) is 0 Å².